The van der Waals surface area contributed by atoms with Gasteiger partial charge in [0.05, 0.1) is 5.02 Å². The van der Waals surface area contributed by atoms with Crippen molar-refractivity contribution in [2.24, 2.45) is 29.6 Å². The van der Waals surface area contributed by atoms with Crippen molar-refractivity contribution in [1.82, 2.24) is 4.72 Å². The third kappa shape index (κ3) is 5.35. The van der Waals surface area contributed by atoms with E-state index in [1.165, 1.54) is 18.2 Å². The summed E-state index contributed by atoms with van der Waals surface area (Å²) in [5.74, 6) is 0.443. The summed E-state index contributed by atoms with van der Waals surface area (Å²) in [5, 5.41) is 9.16. The number of benzene rings is 1. The Balaban J connectivity index is 1.75. The molecular formula is C22H25Cl2NO4S. The minimum absolute atomic E-state index is 0.0176. The summed E-state index contributed by atoms with van der Waals surface area (Å²) in [6.45, 7) is 2.51. The number of halogens is 2. The molecule has 0 unspecified atom stereocenters. The number of aliphatic carboxylic acids is 1. The number of nitrogens with one attached hydrogen (secondary N) is 1. The quantitative estimate of drug-likeness (QED) is 0.417. The molecule has 2 N–H and O–H groups in total. The van der Waals surface area contributed by atoms with Gasteiger partial charge in [-0.3, -0.25) is 0 Å². The monoisotopic (exact) mass is 469 g/mol. The maximum atomic E-state index is 12.8. The largest absolute Gasteiger partial charge is 0.478 e. The number of hydrogen-bond donors (Lipinski definition) is 2. The van der Waals surface area contributed by atoms with Crippen LogP contribution in [0, 0.1) is 29.6 Å². The van der Waals surface area contributed by atoms with Crippen LogP contribution < -0.4 is 4.72 Å². The molecule has 0 heterocycles. The van der Waals surface area contributed by atoms with E-state index >= 15 is 0 Å². The van der Waals surface area contributed by atoms with Gasteiger partial charge >= 0.3 is 5.97 Å². The van der Waals surface area contributed by atoms with Gasteiger partial charge in [0.25, 0.3) is 0 Å². The normalized spacial score (nSPS) is 28.6. The Kier molecular flexibility index (Phi) is 7.45. The molecule has 8 heteroatoms. The molecule has 1 fully saturated rings. The zero-order valence-electron chi connectivity index (χ0n) is 16.5. The topological polar surface area (TPSA) is 83.5 Å². The van der Waals surface area contributed by atoms with Gasteiger partial charge in [-0.25, -0.2) is 17.9 Å². The highest BCUT2D eigenvalue weighted by Gasteiger charge is 2.43. The number of carboxylic acids is 1. The molecule has 0 saturated heterocycles. The van der Waals surface area contributed by atoms with Crippen LogP contribution in [0.1, 0.15) is 19.8 Å². The smallest absolute Gasteiger partial charge is 0.327 e. The van der Waals surface area contributed by atoms with E-state index in [1.54, 1.807) is 6.08 Å². The molecule has 3 aliphatic rings. The van der Waals surface area contributed by atoms with Crippen molar-refractivity contribution in [3.05, 3.63) is 64.7 Å². The van der Waals surface area contributed by atoms with Gasteiger partial charge < -0.3 is 5.11 Å². The number of carbonyl (C=O) groups is 1. The lowest BCUT2D eigenvalue weighted by Gasteiger charge is -2.47. The van der Waals surface area contributed by atoms with Crippen molar-refractivity contribution in [2.75, 3.05) is 6.54 Å². The fourth-order valence-electron chi connectivity index (χ4n) is 4.57. The first-order valence-corrected chi connectivity index (χ1v) is 12.1. The van der Waals surface area contributed by atoms with Gasteiger partial charge in [0, 0.05) is 17.6 Å². The Labute approximate surface area is 187 Å². The highest BCUT2D eigenvalue weighted by Crippen LogP contribution is 2.48. The van der Waals surface area contributed by atoms with Gasteiger partial charge in [-0.2, -0.15) is 0 Å². The van der Waals surface area contributed by atoms with E-state index < -0.39 is 16.0 Å². The molecular weight excluding hydrogens is 445 g/mol. The summed E-state index contributed by atoms with van der Waals surface area (Å²) in [7, 11) is -3.77. The summed E-state index contributed by atoms with van der Waals surface area (Å²) < 4.78 is 28.4. The first kappa shape index (κ1) is 23.1. The molecule has 5 atom stereocenters. The average Bonchev–Trinajstić information content (AvgIpc) is 2.66. The molecule has 1 aromatic carbocycles. The van der Waals surface area contributed by atoms with Gasteiger partial charge in [-0.15, -0.1) is 0 Å². The second kappa shape index (κ2) is 9.69. The van der Waals surface area contributed by atoms with Crippen LogP contribution in [0.25, 0.3) is 0 Å². The SMILES string of the molecule is C[C@H]1C[C@@H]2C=C[C@H]1[C@H](CNS(=O)(=O)c1ccc(Cl)cc1Cl)[C@H]2/C=C\C/C=C/C(=O)O. The molecule has 1 aromatic rings. The Morgan fingerprint density at radius 2 is 2.03 bits per heavy atom. The number of carboxylic acid groups (broad SMARTS) is 1. The van der Waals surface area contributed by atoms with Crippen LogP contribution in [0.3, 0.4) is 0 Å². The molecule has 1 saturated carbocycles. The minimum atomic E-state index is -3.77. The van der Waals surface area contributed by atoms with E-state index in [1.807, 2.05) is 6.08 Å². The molecule has 0 spiro atoms. The lowest BCUT2D eigenvalue weighted by molar-refractivity contribution is -0.131. The van der Waals surface area contributed by atoms with E-state index in [0.29, 0.717) is 29.8 Å². The first-order chi connectivity index (χ1) is 14.2. The average molecular weight is 470 g/mol. The van der Waals surface area contributed by atoms with Gasteiger partial charge in [0.2, 0.25) is 10.0 Å². The van der Waals surface area contributed by atoms with Crippen LogP contribution in [-0.2, 0) is 14.8 Å². The summed E-state index contributed by atoms with van der Waals surface area (Å²) in [6.07, 6.45) is 12.8. The fraction of sp³-hybridized carbons (Fsp3) is 0.409. The lowest BCUT2D eigenvalue weighted by atomic mass is 9.58. The third-order valence-corrected chi connectivity index (χ3v) is 8.09. The Morgan fingerprint density at radius 3 is 2.70 bits per heavy atom. The maximum absolute atomic E-state index is 12.8. The van der Waals surface area contributed by atoms with Crippen molar-refractivity contribution < 1.29 is 18.3 Å². The molecule has 3 aliphatic carbocycles. The Bertz CT molecular complexity index is 987. The summed E-state index contributed by atoms with van der Waals surface area (Å²) in [4.78, 5) is 10.6. The highest BCUT2D eigenvalue weighted by molar-refractivity contribution is 7.89. The first-order valence-electron chi connectivity index (χ1n) is 9.88. The van der Waals surface area contributed by atoms with Crippen LogP contribution in [0.2, 0.25) is 10.0 Å². The van der Waals surface area contributed by atoms with Crippen molar-refractivity contribution in [2.45, 2.75) is 24.7 Å². The highest BCUT2D eigenvalue weighted by atomic mass is 35.5. The van der Waals surface area contributed by atoms with Crippen LogP contribution >= 0.6 is 23.2 Å². The van der Waals surface area contributed by atoms with E-state index in [4.69, 9.17) is 28.3 Å². The van der Waals surface area contributed by atoms with Crippen molar-refractivity contribution in [3.63, 3.8) is 0 Å². The molecule has 0 aliphatic heterocycles. The molecule has 30 heavy (non-hydrogen) atoms. The number of allylic oxidation sites excluding steroid dienone is 5. The number of sulfonamides is 1. The Hall–Kier alpha value is -1.60. The molecule has 0 aromatic heterocycles. The maximum Gasteiger partial charge on any atom is 0.327 e. The number of rotatable bonds is 8. The van der Waals surface area contributed by atoms with Gasteiger partial charge in [-0.1, -0.05) is 60.5 Å². The zero-order chi connectivity index (χ0) is 21.9. The summed E-state index contributed by atoms with van der Waals surface area (Å²) >= 11 is 12.0. The lowest BCUT2D eigenvalue weighted by Crippen LogP contribution is -2.46. The van der Waals surface area contributed by atoms with Crippen LogP contribution in [0.15, 0.2) is 59.6 Å². The van der Waals surface area contributed by atoms with Crippen LogP contribution in [-0.4, -0.2) is 26.0 Å². The zero-order valence-corrected chi connectivity index (χ0v) is 18.9. The van der Waals surface area contributed by atoms with Gasteiger partial charge in [0.1, 0.15) is 4.90 Å². The minimum Gasteiger partial charge on any atom is -0.478 e. The molecule has 162 valence electrons. The Morgan fingerprint density at radius 1 is 1.27 bits per heavy atom. The number of fused-ring (bicyclic) bond motifs is 2. The molecule has 2 bridgehead atoms. The van der Waals surface area contributed by atoms with Gasteiger partial charge in [-0.05, 0) is 60.6 Å². The molecule has 5 nitrogen and oxygen atoms in total. The van der Waals surface area contributed by atoms with E-state index in [9.17, 15) is 13.2 Å². The van der Waals surface area contributed by atoms with Crippen LogP contribution in [0.5, 0.6) is 0 Å². The second-order valence-corrected chi connectivity index (χ2v) is 10.5. The van der Waals surface area contributed by atoms with E-state index in [-0.39, 0.29) is 27.7 Å². The molecule has 0 amide bonds. The van der Waals surface area contributed by atoms with Crippen molar-refractivity contribution in [1.29, 1.82) is 0 Å². The van der Waals surface area contributed by atoms with E-state index in [2.05, 4.69) is 29.9 Å². The predicted molar refractivity (Wildman–Crippen MR) is 119 cm³/mol. The van der Waals surface area contributed by atoms with Crippen molar-refractivity contribution >= 4 is 39.2 Å². The fourth-order valence-corrected chi connectivity index (χ4v) is 6.41. The molecule has 0 radical (unpaired) electrons. The van der Waals surface area contributed by atoms with Crippen LogP contribution in [0.4, 0.5) is 0 Å². The van der Waals surface area contributed by atoms with E-state index in [0.717, 1.165) is 12.5 Å². The van der Waals surface area contributed by atoms with Crippen molar-refractivity contribution in [3.8, 4) is 0 Å². The third-order valence-electron chi connectivity index (χ3n) is 5.95. The summed E-state index contributed by atoms with van der Waals surface area (Å²) in [5.41, 5.74) is 0. The summed E-state index contributed by atoms with van der Waals surface area (Å²) in [6, 6.07) is 4.33. The predicted octanol–water partition coefficient (Wildman–Crippen LogP) is 4.93. The molecule has 4 rings (SSSR count). The second-order valence-electron chi connectivity index (χ2n) is 7.91. The standard InChI is InChI=1S/C22H25Cl2NO4S/c1-14-11-15-7-9-17(14)19(18(15)5-3-2-4-6-22(26)27)13-25-30(28,29)21-10-8-16(23)12-20(21)24/h3-10,12,14-15,17-19,25H,2,11,13H2,1H3,(H,26,27)/b5-3-,6-4+/t14-,15-,17+,18-,19-/m0/s1. The van der Waals surface area contributed by atoms with Gasteiger partial charge in [0.15, 0.2) is 0 Å². The number of hydrogen-bond acceptors (Lipinski definition) is 3.